The molecule has 2 fully saturated rings. The van der Waals surface area contributed by atoms with Crippen molar-refractivity contribution >= 4 is 0 Å². The molecule has 2 nitrogen and oxygen atoms in total. The van der Waals surface area contributed by atoms with Gasteiger partial charge in [0.05, 0.1) is 12.7 Å². The van der Waals surface area contributed by atoms with E-state index in [0.717, 1.165) is 19.7 Å². The van der Waals surface area contributed by atoms with Crippen LogP contribution in [0.3, 0.4) is 0 Å². The first-order valence-corrected chi connectivity index (χ1v) is 6.33. The average Bonchev–Trinajstić information content (AvgIpc) is 2.80. The maximum absolute atomic E-state index is 5.83. The standard InChI is InChI=1S/C14H19NO/c1-2-5-12(6-3-1)11-15-9-10-16-14-8-4-7-13(14)15/h1-3,5-6,13-14H,4,7-11H2/t13-,14+/m0/s1. The van der Waals surface area contributed by atoms with Crippen molar-refractivity contribution in [3.05, 3.63) is 35.9 Å². The van der Waals surface area contributed by atoms with Crippen LogP contribution in [-0.2, 0) is 11.3 Å². The van der Waals surface area contributed by atoms with Gasteiger partial charge in [0.15, 0.2) is 0 Å². The SMILES string of the molecule is c1ccc(CN2CCO[C@@H]3CCC[C@@H]32)cc1. The second-order valence-electron chi connectivity index (χ2n) is 4.86. The number of fused-ring (bicyclic) bond motifs is 1. The van der Waals surface area contributed by atoms with Crippen molar-refractivity contribution in [1.29, 1.82) is 0 Å². The first kappa shape index (κ1) is 10.3. The van der Waals surface area contributed by atoms with Crippen molar-refractivity contribution in [3.63, 3.8) is 0 Å². The van der Waals surface area contributed by atoms with Crippen LogP contribution in [0.4, 0.5) is 0 Å². The van der Waals surface area contributed by atoms with E-state index in [2.05, 4.69) is 35.2 Å². The zero-order valence-corrected chi connectivity index (χ0v) is 9.64. The summed E-state index contributed by atoms with van der Waals surface area (Å²) in [5.74, 6) is 0. The molecular weight excluding hydrogens is 198 g/mol. The van der Waals surface area contributed by atoms with Crippen LogP contribution in [0, 0.1) is 0 Å². The van der Waals surface area contributed by atoms with E-state index in [1.54, 1.807) is 0 Å². The number of morpholine rings is 1. The third-order valence-electron chi connectivity index (χ3n) is 3.83. The van der Waals surface area contributed by atoms with E-state index in [4.69, 9.17) is 4.74 Å². The lowest BCUT2D eigenvalue weighted by Crippen LogP contribution is -2.47. The molecule has 16 heavy (non-hydrogen) atoms. The van der Waals surface area contributed by atoms with Gasteiger partial charge in [0, 0.05) is 19.1 Å². The van der Waals surface area contributed by atoms with Crippen LogP contribution in [-0.4, -0.2) is 30.2 Å². The molecule has 2 heteroatoms. The fourth-order valence-electron chi connectivity index (χ4n) is 3.02. The van der Waals surface area contributed by atoms with Crippen LogP contribution in [0.5, 0.6) is 0 Å². The number of nitrogens with zero attached hydrogens (tertiary/aromatic N) is 1. The minimum atomic E-state index is 0.512. The molecule has 2 aliphatic rings. The van der Waals surface area contributed by atoms with E-state index in [0.29, 0.717) is 12.1 Å². The maximum atomic E-state index is 5.83. The van der Waals surface area contributed by atoms with Gasteiger partial charge in [-0.15, -0.1) is 0 Å². The van der Waals surface area contributed by atoms with Gasteiger partial charge < -0.3 is 4.74 Å². The van der Waals surface area contributed by atoms with Crippen LogP contribution in [0.1, 0.15) is 24.8 Å². The Morgan fingerprint density at radius 1 is 1.19 bits per heavy atom. The monoisotopic (exact) mass is 217 g/mol. The molecule has 86 valence electrons. The maximum Gasteiger partial charge on any atom is 0.0731 e. The number of hydrogen-bond acceptors (Lipinski definition) is 2. The van der Waals surface area contributed by atoms with Gasteiger partial charge in [-0.05, 0) is 24.8 Å². The van der Waals surface area contributed by atoms with Gasteiger partial charge in [-0.2, -0.15) is 0 Å². The van der Waals surface area contributed by atoms with E-state index >= 15 is 0 Å². The van der Waals surface area contributed by atoms with E-state index in [9.17, 15) is 0 Å². The summed E-state index contributed by atoms with van der Waals surface area (Å²) in [6.45, 7) is 3.09. The molecule has 0 amide bonds. The summed E-state index contributed by atoms with van der Waals surface area (Å²) in [5.41, 5.74) is 1.43. The number of hydrogen-bond donors (Lipinski definition) is 0. The minimum Gasteiger partial charge on any atom is -0.375 e. The Hall–Kier alpha value is -0.860. The molecule has 0 bridgehead atoms. The third-order valence-corrected chi connectivity index (χ3v) is 3.83. The normalized spacial score (nSPS) is 30.2. The lowest BCUT2D eigenvalue weighted by Gasteiger charge is -2.37. The first-order chi connectivity index (χ1) is 7.93. The highest BCUT2D eigenvalue weighted by Crippen LogP contribution is 2.30. The molecule has 1 aliphatic heterocycles. The number of rotatable bonds is 2. The summed E-state index contributed by atoms with van der Waals surface area (Å²) >= 11 is 0. The summed E-state index contributed by atoms with van der Waals surface area (Å²) in [5, 5.41) is 0. The van der Waals surface area contributed by atoms with Gasteiger partial charge in [0.25, 0.3) is 0 Å². The van der Waals surface area contributed by atoms with Crippen molar-refractivity contribution < 1.29 is 4.74 Å². The van der Waals surface area contributed by atoms with Crippen molar-refractivity contribution in [3.8, 4) is 0 Å². The zero-order chi connectivity index (χ0) is 10.8. The van der Waals surface area contributed by atoms with Gasteiger partial charge in [-0.3, -0.25) is 4.90 Å². The van der Waals surface area contributed by atoms with Crippen LogP contribution in [0.2, 0.25) is 0 Å². The molecule has 1 heterocycles. The van der Waals surface area contributed by atoms with E-state index < -0.39 is 0 Å². The second kappa shape index (κ2) is 4.56. The van der Waals surface area contributed by atoms with Gasteiger partial charge in [0.2, 0.25) is 0 Å². The summed E-state index contributed by atoms with van der Waals surface area (Å²) < 4.78 is 5.83. The molecule has 0 aromatic heterocycles. The zero-order valence-electron chi connectivity index (χ0n) is 9.64. The first-order valence-electron chi connectivity index (χ1n) is 6.33. The van der Waals surface area contributed by atoms with Crippen molar-refractivity contribution in [2.45, 2.75) is 38.0 Å². The summed E-state index contributed by atoms with van der Waals surface area (Å²) in [6.07, 6.45) is 4.42. The molecule has 0 unspecified atom stereocenters. The molecule has 0 spiro atoms. The van der Waals surface area contributed by atoms with Gasteiger partial charge >= 0.3 is 0 Å². The van der Waals surface area contributed by atoms with E-state index in [-0.39, 0.29) is 0 Å². The highest BCUT2D eigenvalue weighted by Gasteiger charge is 2.35. The fraction of sp³-hybridized carbons (Fsp3) is 0.571. The van der Waals surface area contributed by atoms with Crippen LogP contribution in [0.25, 0.3) is 0 Å². The van der Waals surface area contributed by atoms with Gasteiger partial charge in [-0.1, -0.05) is 30.3 Å². The highest BCUT2D eigenvalue weighted by atomic mass is 16.5. The molecule has 3 rings (SSSR count). The molecule has 2 atom stereocenters. The smallest absolute Gasteiger partial charge is 0.0731 e. The van der Waals surface area contributed by atoms with E-state index in [1.165, 1.54) is 24.8 Å². The predicted molar refractivity (Wildman–Crippen MR) is 64.2 cm³/mol. The van der Waals surface area contributed by atoms with Crippen molar-refractivity contribution in [2.24, 2.45) is 0 Å². The Bertz CT molecular complexity index is 338. The van der Waals surface area contributed by atoms with Crippen molar-refractivity contribution in [1.82, 2.24) is 4.90 Å². The summed E-state index contributed by atoms with van der Waals surface area (Å²) in [7, 11) is 0. The molecule has 0 N–H and O–H groups in total. The Morgan fingerprint density at radius 2 is 2.06 bits per heavy atom. The van der Waals surface area contributed by atoms with Crippen LogP contribution >= 0.6 is 0 Å². The predicted octanol–water partition coefficient (Wildman–Crippen LogP) is 2.44. The molecular formula is C14H19NO. The Balaban J connectivity index is 1.70. The molecule has 1 aromatic rings. The third kappa shape index (κ3) is 2.00. The topological polar surface area (TPSA) is 12.5 Å². The molecule has 1 aromatic carbocycles. The van der Waals surface area contributed by atoms with Gasteiger partial charge in [0.1, 0.15) is 0 Å². The minimum absolute atomic E-state index is 0.512. The Kier molecular flexibility index (Phi) is 2.94. The van der Waals surface area contributed by atoms with E-state index in [1.807, 2.05) is 0 Å². The average molecular weight is 217 g/mol. The Morgan fingerprint density at radius 3 is 2.94 bits per heavy atom. The van der Waals surface area contributed by atoms with Crippen molar-refractivity contribution in [2.75, 3.05) is 13.2 Å². The number of ether oxygens (including phenoxy) is 1. The highest BCUT2D eigenvalue weighted by molar-refractivity contribution is 5.15. The summed E-state index contributed by atoms with van der Waals surface area (Å²) in [6, 6.07) is 11.5. The lowest BCUT2D eigenvalue weighted by atomic mass is 10.1. The summed E-state index contributed by atoms with van der Waals surface area (Å²) in [4.78, 5) is 2.61. The molecule has 0 radical (unpaired) electrons. The Labute approximate surface area is 97.2 Å². The van der Waals surface area contributed by atoms with Crippen LogP contribution < -0.4 is 0 Å². The lowest BCUT2D eigenvalue weighted by molar-refractivity contribution is -0.0588. The van der Waals surface area contributed by atoms with Crippen LogP contribution in [0.15, 0.2) is 30.3 Å². The molecule has 1 saturated carbocycles. The number of benzene rings is 1. The second-order valence-corrected chi connectivity index (χ2v) is 4.86. The largest absolute Gasteiger partial charge is 0.375 e. The van der Waals surface area contributed by atoms with Gasteiger partial charge in [-0.25, -0.2) is 0 Å². The molecule has 1 aliphatic carbocycles. The molecule has 1 saturated heterocycles. The quantitative estimate of drug-likeness (QED) is 0.754. The fourth-order valence-corrected chi connectivity index (χ4v) is 3.02.